The predicted octanol–water partition coefficient (Wildman–Crippen LogP) is 11.6. The number of anilines is 3. The first-order valence-electron chi connectivity index (χ1n) is 17.9. The van der Waals surface area contributed by atoms with Crippen molar-refractivity contribution in [3.63, 3.8) is 0 Å². The van der Waals surface area contributed by atoms with Gasteiger partial charge in [-0.25, -0.2) is 9.97 Å². The zero-order valence-corrected chi connectivity index (χ0v) is 29.7. The Labute approximate surface area is 307 Å². The normalized spacial score (nSPS) is 13.7. The summed E-state index contributed by atoms with van der Waals surface area (Å²) in [5, 5.41) is 3.20. The number of hydrogen-bond acceptors (Lipinski definition) is 4. The summed E-state index contributed by atoms with van der Waals surface area (Å²) in [7, 11) is -3.80. The lowest BCUT2D eigenvalue weighted by atomic mass is 10.0. The van der Waals surface area contributed by atoms with E-state index in [1.807, 2.05) is 103 Å². The highest BCUT2D eigenvalue weighted by Crippen LogP contribution is 2.56. The lowest BCUT2D eigenvalue weighted by Crippen LogP contribution is -2.23. The zero-order chi connectivity index (χ0) is 35.4. The SMILES string of the molecule is O=P(c1cccc(-c2cccc(N(c3ccccc3)c3ccccc3)n2)n1)(n1c2c(c3ccccc31)C=CCC2)n1c2ccccc2c2ccccc21. The molecule has 0 radical (unpaired) electrons. The van der Waals surface area contributed by atoms with Crippen LogP contribution in [0.5, 0.6) is 0 Å². The van der Waals surface area contributed by atoms with Gasteiger partial charge in [-0.1, -0.05) is 115 Å². The van der Waals surface area contributed by atoms with Crippen LogP contribution in [0, 0.1) is 0 Å². The highest BCUT2D eigenvalue weighted by Gasteiger charge is 2.39. The van der Waals surface area contributed by atoms with Gasteiger partial charge in [0.1, 0.15) is 11.3 Å². The Kier molecular flexibility index (Phi) is 7.45. The van der Waals surface area contributed by atoms with E-state index in [0.29, 0.717) is 16.8 Å². The maximum absolute atomic E-state index is 17.0. The summed E-state index contributed by atoms with van der Waals surface area (Å²) in [5.41, 5.74) is 8.77. The van der Waals surface area contributed by atoms with Crippen LogP contribution in [-0.4, -0.2) is 18.6 Å². The molecule has 0 aliphatic heterocycles. The average molecular weight is 704 g/mol. The quantitative estimate of drug-likeness (QED) is 0.155. The third-order valence-electron chi connectivity index (χ3n) is 10.2. The number of hydrogen-bond donors (Lipinski definition) is 0. The van der Waals surface area contributed by atoms with Gasteiger partial charge in [-0.2, -0.15) is 0 Å². The summed E-state index contributed by atoms with van der Waals surface area (Å²) in [6, 6.07) is 57.3. The van der Waals surface area contributed by atoms with Crippen LogP contribution >= 0.6 is 7.44 Å². The molecule has 0 saturated carbocycles. The number of aromatic nitrogens is 4. The summed E-state index contributed by atoms with van der Waals surface area (Å²) in [6.45, 7) is 0. The van der Waals surface area contributed by atoms with Crippen molar-refractivity contribution in [2.24, 2.45) is 0 Å². The van der Waals surface area contributed by atoms with Gasteiger partial charge in [0.2, 0.25) is 0 Å². The fourth-order valence-electron chi connectivity index (χ4n) is 7.93. The Morgan fingerprint density at radius 1 is 0.509 bits per heavy atom. The molecule has 10 rings (SSSR count). The van der Waals surface area contributed by atoms with Crippen LogP contribution in [0.4, 0.5) is 17.2 Å². The molecule has 9 aromatic rings. The van der Waals surface area contributed by atoms with Gasteiger partial charge < -0.3 is 0 Å². The summed E-state index contributed by atoms with van der Waals surface area (Å²) in [4.78, 5) is 12.7. The third-order valence-corrected chi connectivity index (χ3v) is 13.0. The molecule has 0 bridgehead atoms. The second-order valence-electron chi connectivity index (χ2n) is 13.3. The van der Waals surface area contributed by atoms with E-state index in [2.05, 4.69) is 92.5 Å². The minimum Gasteiger partial charge on any atom is -0.295 e. The number of fused-ring (bicyclic) bond motifs is 6. The molecule has 254 valence electrons. The van der Waals surface area contributed by atoms with Gasteiger partial charge in [-0.15, -0.1) is 0 Å². The topological polar surface area (TPSA) is 56.0 Å². The molecule has 4 heterocycles. The fourth-order valence-corrected chi connectivity index (χ4v) is 11.0. The first-order valence-corrected chi connectivity index (χ1v) is 19.6. The van der Waals surface area contributed by atoms with E-state index in [1.54, 1.807) is 0 Å². The molecule has 4 aromatic heterocycles. The van der Waals surface area contributed by atoms with E-state index in [9.17, 15) is 0 Å². The number of benzene rings is 5. The predicted molar refractivity (Wildman–Crippen MR) is 219 cm³/mol. The maximum atomic E-state index is 17.0. The molecule has 53 heavy (non-hydrogen) atoms. The standard InChI is InChI=1S/C46H34N5OP/c52-53(50-41-27-11-7-21-35(41)36-22-8-12-28-42(36)50,51-43-29-13-9-23-37(43)38-24-10-14-30-44(38)51)46-32-16-26-40(48-46)39-25-15-31-45(47-39)49(33-17-3-1-4-18-33)34-19-5-2-6-20-34/h1-13,15-29,31-32H,14,30H2. The van der Waals surface area contributed by atoms with Gasteiger partial charge in [0.05, 0.1) is 27.9 Å². The summed E-state index contributed by atoms with van der Waals surface area (Å²) in [5.74, 6) is 0.759. The molecule has 0 fully saturated rings. The van der Waals surface area contributed by atoms with Gasteiger partial charge in [0.25, 0.3) is 0 Å². The number of pyridine rings is 2. The molecule has 1 atom stereocenters. The molecule has 0 N–H and O–H groups in total. The van der Waals surface area contributed by atoms with Crippen molar-refractivity contribution in [3.8, 4) is 11.4 Å². The van der Waals surface area contributed by atoms with Gasteiger partial charge in [-0.3, -0.25) is 18.1 Å². The van der Waals surface area contributed by atoms with Gasteiger partial charge in [0, 0.05) is 38.8 Å². The molecule has 6 nitrogen and oxygen atoms in total. The van der Waals surface area contributed by atoms with Gasteiger partial charge >= 0.3 is 7.44 Å². The number of nitrogens with zero attached hydrogens (tertiary/aromatic N) is 5. The van der Waals surface area contributed by atoms with Crippen LogP contribution in [0.3, 0.4) is 0 Å². The van der Waals surface area contributed by atoms with Crippen molar-refractivity contribution >= 4 is 68.9 Å². The van der Waals surface area contributed by atoms with E-state index in [0.717, 1.165) is 74.0 Å². The Bertz CT molecular complexity index is 2800. The Hall–Kier alpha value is -6.49. The highest BCUT2D eigenvalue weighted by atomic mass is 31.2. The van der Waals surface area contributed by atoms with Crippen molar-refractivity contribution < 1.29 is 4.57 Å². The Morgan fingerprint density at radius 3 is 1.68 bits per heavy atom. The van der Waals surface area contributed by atoms with Crippen LogP contribution in [0.15, 0.2) is 176 Å². The van der Waals surface area contributed by atoms with Crippen LogP contribution < -0.4 is 10.3 Å². The van der Waals surface area contributed by atoms with Crippen LogP contribution in [0.2, 0.25) is 0 Å². The maximum Gasteiger partial charge on any atom is 0.319 e. The van der Waals surface area contributed by atoms with Gasteiger partial charge in [0.15, 0.2) is 0 Å². The molecular formula is C46H34N5OP. The van der Waals surface area contributed by atoms with Crippen molar-refractivity contribution in [1.82, 2.24) is 18.6 Å². The van der Waals surface area contributed by atoms with Gasteiger partial charge in [-0.05, 0) is 79.6 Å². The Balaban J connectivity index is 1.23. The molecule has 1 unspecified atom stereocenters. The lowest BCUT2D eigenvalue weighted by molar-refractivity contribution is 0.569. The minimum atomic E-state index is -3.80. The molecular weight excluding hydrogens is 670 g/mol. The Morgan fingerprint density at radius 2 is 1.04 bits per heavy atom. The summed E-state index contributed by atoms with van der Waals surface area (Å²) < 4.78 is 21.2. The first kappa shape index (κ1) is 31.3. The third kappa shape index (κ3) is 4.98. The van der Waals surface area contributed by atoms with Crippen molar-refractivity contribution in [2.45, 2.75) is 12.8 Å². The smallest absolute Gasteiger partial charge is 0.295 e. The van der Waals surface area contributed by atoms with E-state index >= 15 is 4.57 Å². The molecule has 0 amide bonds. The van der Waals surface area contributed by atoms with E-state index in [1.165, 1.54) is 0 Å². The van der Waals surface area contributed by atoms with Crippen LogP contribution in [-0.2, 0) is 11.0 Å². The molecule has 0 saturated heterocycles. The monoisotopic (exact) mass is 703 g/mol. The lowest BCUT2D eigenvalue weighted by Gasteiger charge is -2.27. The molecule has 5 aromatic carbocycles. The van der Waals surface area contributed by atoms with Crippen LogP contribution in [0.25, 0.3) is 50.2 Å². The highest BCUT2D eigenvalue weighted by molar-refractivity contribution is 7.69. The number of allylic oxidation sites excluding steroid dienone is 1. The zero-order valence-electron chi connectivity index (χ0n) is 28.8. The summed E-state index contributed by atoms with van der Waals surface area (Å²) >= 11 is 0. The van der Waals surface area contributed by atoms with Crippen molar-refractivity contribution in [3.05, 3.63) is 187 Å². The average Bonchev–Trinajstić information content (AvgIpc) is 3.76. The van der Waals surface area contributed by atoms with E-state index < -0.39 is 7.44 Å². The van der Waals surface area contributed by atoms with E-state index in [4.69, 9.17) is 9.97 Å². The molecule has 7 heteroatoms. The van der Waals surface area contributed by atoms with Crippen molar-refractivity contribution in [2.75, 3.05) is 4.90 Å². The number of para-hydroxylation sites is 5. The molecule has 1 aliphatic carbocycles. The number of rotatable bonds is 7. The summed E-state index contributed by atoms with van der Waals surface area (Å²) in [6.07, 6.45) is 6.06. The minimum absolute atomic E-state index is 0.495. The second-order valence-corrected chi connectivity index (χ2v) is 15.6. The fraction of sp³-hybridized carbons (Fsp3) is 0.0435. The largest absolute Gasteiger partial charge is 0.319 e. The van der Waals surface area contributed by atoms with Crippen LogP contribution in [0.1, 0.15) is 17.7 Å². The molecule has 0 spiro atoms. The second kappa shape index (κ2) is 12.6. The van der Waals surface area contributed by atoms with E-state index in [-0.39, 0.29) is 0 Å². The van der Waals surface area contributed by atoms with Crippen molar-refractivity contribution in [1.29, 1.82) is 0 Å². The molecule has 1 aliphatic rings. The first-order chi connectivity index (χ1) is 26.2.